The van der Waals surface area contributed by atoms with Gasteiger partial charge in [-0.25, -0.2) is 0 Å². The summed E-state index contributed by atoms with van der Waals surface area (Å²) in [5.41, 5.74) is 0. The summed E-state index contributed by atoms with van der Waals surface area (Å²) < 4.78 is 1.20. The Bertz CT molecular complexity index is 250. The quantitative estimate of drug-likeness (QED) is 0.747. The summed E-state index contributed by atoms with van der Waals surface area (Å²) in [6.07, 6.45) is 2.33. The number of rotatable bonds is 7. The molecule has 0 radical (unpaired) electrons. The topological polar surface area (TPSA) is 24.1 Å². The Balaban J connectivity index is 1.99. The van der Waals surface area contributed by atoms with E-state index in [0.717, 1.165) is 26.1 Å². The molecule has 0 saturated heterocycles. The van der Waals surface area contributed by atoms with Gasteiger partial charge in [-0.05, 0) is 61.5 Å². The predicted octanol–water partition coefficient (Wildman–Crippen LogP) is 2.25. The van der Waals surface area contributed by atoms with Gasteiger partial charge in [-0.15, -0.1) is 11.3 Å². The first-order valence-electron chi connectivity index (χ1n) is 4.91. The van der Waals surface area contributed by atoms with Crippen LogP contribution in [0.1, 0.15) is 11.3 Å². The molecule has 0 aliphatic heterocycles. The van der Waals surface area contributed by atoms with E-state index >= 15 is 0 Å². The molecule has 0 aliphatic rings. The standard InChI is InChI=1S/C10H17BrN2S/c1-12-4-2-5-13-6-3-10-7-9(11)8-14-10/h7-8,12-13H,2-6H2,1H3. The van der Waals surface area contributed by atoms with E-state index in [0.29, 0.717) is 0 Å². The van der Waals surface area contributed by atoms with E-state index in [4.69, 9.17) is 0 Å². The molecule has 80 valence electrons. The van der Waals surface area contributed by atoms with Crippen molar-refractivity contribution in [2.45, 2.75) is 12.8 Å². The van der Waals surface area contributed by atoms with Gasteiger partial charge in [-0.1, -0.05) is 0 Å². The second kappa shape index (κ2) is 7.40. The molecule has 0 fully saturated rings. The zero-order valence-electron chi connectivity index (χ0n) is 8.48. The molecule has 1 rings (SSSR count). The highest BCUT2D eigenvalue weighted by molar-refractivity contribution is 9.10. The number of halogens is 1. The Morgan fingerprint density at radius 1 is 1.36 bits per heavy atom. The monoisotopic (exact) mass is 276 g/mol. The van der Waals surface area contributed by atoms with Crippen LogP contribution in [-0.2, 0) is 6.42 Å². The average molecular weight is 277 g/mol. The Kier molecular flexibility index (Phi) is 6.43. The van der Waals surface area contributed by atoms with Gasteiger partial charge in [0.15, 0.2) is 0 Å². The van der Waals surface area contributed by atoms with Crippen LogP contribution in [-0.4, -0.2) is 26.7 Å². The maximum Gasteiger partial charge on any atom is 0.0285 e. The summed E-state index contributed by atoms with van der Waals surface area (Å²) in [5.74, 6) is 0. The van der Waals surface area contributed by atoms with Crippen LogP contribution in [0.25, 0.3) is 0 Å². The van der Waals surface area contributed by atoms with Crippen molar-refractivity contribution in [2.75, 3.05) is 26.7 Å². The fourth-order valence-electron chi connectivity index (χ4n) is 1.21. The van der Waals surface area contributed by atoms with Crippen molar-refractivity contribution in [1.29, 1.82) is 0 Å². The maximum absolute atomic E-state index is 3.46. The van der Waals surface area contributed by atoms with Crippen LogP contribution in [0.4, 0.5) is 0 Å². The molecule has 1 aromatic rings. The molecular weight excluding hydrogens is 260 g/mol. The van der Waals surface area contributed by atoms with Gasteiger partial charge in [0.05, 0.1) is 0 Å². The van der Waals surface area contributed by atoms with Crippen LogP contribution < -0.4 is 10.6 Å². The zero-order chi connectivity index (χ0) is 10.2. The van der Waals surface area contributed by atoms with E-state index in [1.165, 1.54) is 15.8 Å². The largest absolute Gasteiger partial charge is 0.320 e. The molecule has 2 nitrogen and oxygen atoms in total. The first-order valence-corrected chi connectivity index (χ1v) is 6.58. The van der Waals surface area contributed by atoms with Crippen LogP contribution in [0.5, 0.6) is 0 Å². The Morgan fingerprint density at radius 2 is 2.21 bits per heavy atom. The predicted molar refractivity (Wildman–Crippen MR) is 67.1 cm³/mol. The van der Waals surface area contributed by atoms with Crippen LogP contribution in [0.3, 0.4) is 0 Å². The highest BCUT2D eigenvalue weighted by atomic mass is 79.9. The van der Waals surface area contributed by atoms with Gasteiger partial charge in [-0.2, -0.15) is 0 Å². The summed E-state index contributed by atoms with van der Waals surface area (Å²) in [6, 6.07) is 2.19. The van der Waals surface area contributed by atoms with Crippen molar-refractivity contribution >= 4 is 27.3 Å². The summed E-state index contributed by atoms with van der Waals surface area (Å²) >= 11 is 5.28. The summed E-state index contributed by atoms with van der Waals surface area (Å²) in [7, 11) is 1.99. The Morgan fingerprint density at radius 3 is 2.86 bits per heavy atom. The molecule has 0 saturated carbocycles. The Labute approximate surface area is 98.2 Å². The first-order chi connectivity index (χ1) is 6.83. The van der Waals surface area contributed by atoms with Crippen molar-refractivity contribution < 1.29 is 0 Å². The van der Waals surface area contributed by atoms with Gasteiger partial charge < -0.3 is 10.6 Å². The van der Waals surface area contributed by atoms with Gasteiger partial charge in [0, 0.05) is 14.7 Å². The van der Waals surface area contributed by atoms with Crippen LogP contribution in [0.2, 0.25) is 0 Å². The van der Waals surface area contributed by atoms with Crippen molar-refractivity contribution in [2.24, 2.45) is 0 Å². The second-order valence-corrected chi connectivity index (χ2v) is 5.10. The molecule has 14 heavy (non-hydrogen) atoms. The van der Waals surface area contributed by atoms with Gasteiger partial charge in [-0.3, -0.25) is 0 Å². The summed E-state index contributed by atoms with van der Waals surface area (Å²) in [5, 5.41) is 8.70. The molecule has 0 atom stereocenters. The van der Waals surface area contributed by atoms with Crippen molar-refractivity contribution in [3.05, 3.63) is 20.8 Å². The van der Waals surface area contributed by atoms with Gasteiger partial charge in [0.1, 0.15) is 0 Å². The lowest BCUT2D eigenvalue weighted by Crippen LogP contribution is -2.21. The third-order valence-corrected chi connectivity index (χ3v) is 3.71. The molecule has 0 aromatic carbocycles. The van der Waals surface area contributed by atoms with Crippen molar-refractivity contribution in [1.82, 2.24) is 10.6 Å². The maximum atomic E-state index is 3.46. The van der Waals surface area contributed by atoms with E-state index < -0.39 is 0 Å². The fourth-order valence-corrected chi connectivity index (χ4v) is 2.67. The van der Waals surface area contributed by atoms with E-state index in [-0.39, 0.29) is 0 Å². The lowest BCUT2D eigenvalue weighted by Gasteiger charge is -2.02. The van der Waals surface area contributed by atoms with Gasteiger partial charge in [0.25, 0.3) is 0 Å². The van der Waals surface area contributed by atoms with Crippen molar-refractivity contribution in [3.8, 4) is 0 Å². The normalized spacial score (nSPS) is 10.7. The van der Waals surface area contributed by atoms with Crippen LogP contribution in [0, 0.1) is 0 Å². The van der Waals surface area contributed by atoms with Crippen LogP contribution in [0.15, 0.2) is 15.9 Å². The minimum Gasteiger partial charge on any atom is -0.320 e. The third-order valence-electron chi connectivity index (χ3n) is 1.95. The minimum absolute atomic E-state index is 1.08. The van der Waals surface area contributed by atoms with E-state index in [1.807, 2.05) is 18.4 Å². The zero-order valence-corrected chi connectivity index (χ0v) is 10.9. The number of thiophene rings is 1. The molecule has 0 aliphatic carbocycles. The lowest BCUT2D eigenvalue weighted by atomic mass is 10.3. The Hall–Kier alpha value is 0.1000. The van der Waals surface area contributed by atoms with E-state index in [9.17, 15) is 0 Å². The third kappa shape index (κ3) is 5.10. The molecule has 1 heterocycles. The number of nitrogens with one attached hydrogen (secondary N) is 2. The molecule has 4 heteroatoms. The molecule has 0 spiro atoms. The molecule has 0 amide bonds. The van der Waals surface area contributed by atoms with E-state index in [2.05, 4.69) is 38.0 Å². The SMILES string of the molecule is CNCCCNCCc1cc(Br)cs1. The molecule has 0 unspecified atom stereocenters. The second-order valence-electron chi connectivity index (χ2n) is 3.19. The number of hydrogen-bond acceptors (Lipinski definition) is 3. The fraction of sp³-hybridized carbons (Fsp3) is 0.600. The lowest BCUT2D eigenvalue weighted by molar-refractivity contribution is 0.626. The average Bonchev–Trinajstić information content (AvgIpc) is 2.58. The summed E-state index contributed by atoms with van der Waals surface area (Å²) in [6.45, 7) is 3.28. The summed E-state index contributed by atoms with van der Waals surface area (Å²) in [4.78, 5) is 1.44. The highest BCUT2D eigenvalue weighted by Gasteiger charge is 1.96. The highest BCUT2D eigenvalue weighted by Crippen LogP contribution is 2.19. The van der Waals surface area contributed by atoms with Crippen molar-refractivity contribution in [3.63, 3.8) is 0 Å². The molecular formula is C10H17BrN2S. The van der Waals surface area contributed by atoms with E-state index in [1.54, 1.807) is 0 Å². The molecule has 1 aromatic heterocycles. The number of hydrogen-bond donors (Lipinski definition) is 2. The van der Waals surface area contributed by atoms with Gasteiger partial charge >= 0.3 is 0 Å². The van der Waals surface area contributed by atoms with Crippen LogP contribution >= 0.6 is 27.3 Å². The molecule has 0 bridgehead atoms. The minimum atomic E-state index is 1.08. The molecule has 2 N–H and O–H groups in total. The van der Waals surface area contributed by atoms with Gasteiger partial charge in [0.2, 0.25) is 0 Å². The smallest absolute Gasteiger partial charge is 0.0285 e. The first kappa shape index (κ1) is 12.2.